The summed E-state index contributed by atoms with van der Waals surface area (Å²) >= 11 is 4.62. The van der Waals surface area contributed by atoms with Crippen molar-refractivity contribution in [2.75, 3.05) is 20.2 Å². The van der Waals surface area contributed by atoms with Gasteiger partial charge in [-0.15, -0.1) is 11.3 Å². The van der Waals surface area contributed by atoms with Crippen LogP contribution in [0.1, 0.15) is 16.6 Å². The standard InChI is InChI=1S/C10H12BrNO3S/c1-3-15-9(13)6-12(2)10(14)7-4-5-8(11)16-7/h4-5H,3,6H2,1-2H3. The molecule has 1 rings (SSSR count). The van der Waals surface area contributed by atoms with Crippen molar-refractivity contribution < 1.29 is 14.3 Å². The highest BCUT2D eigenvalue weighted by Gasteiger charge is 2.16. The molecule has 0 bridgehead atoms. The zero-order chi connectivity index (χ0) is 12.1. The minimum atomic E-state index is -0.394. The van der Waals surface area contributed by atoms with Crippen molar-refractivity contribution in [3.8, 4) is 0 Å². The summed E-state index contributed by atoms with van der Waals surface area (Å²) in [5.41, 5.74) is 0. The number of nitrogens with zero attached hydrogens (tertiary/aromatic N) is 1. The molecule has 16 heavy (non-hydrogen) atoms. The summed E-state index contributed by atoms with van der Waals surface area (Å²) in [5, 5.41) is 0. The first-order chi connectivity index (χ1) is 7.54. The Morgan fingerprint density at radius 2 is 2.19 bits per heavy atom. The minimum Gasteiger partial charge on any atom is -0.465 e. The Morgan fingerprint density at radius 1 is 1.50 bits per heavy atom. The Kier molecular flexibility index (Phi) is 4.95. The number of amides is 1. The normalized spacial score (nSPS) is 9.94. The number of hydrogen-bond acceptors (Lipinski definition) is 4. The maximum absolute atomic E-state index is 11.8. The van der Waals surface area contributed by atoms with E-state index >= 15 is 0 Å². The number of carbonyl (C=O) groups is 2. The van der Waals surface area contributed by atoms with E-state index in [1.165, 1.54) is 16.2 Å². The van der Waals surface area contributed by atoms with Gasteiger partial charge in [0.1, 0.15) is 6.54 Å². The van der Waals surface area contributed by atoms with Gasteiger partial charge in [-0.05, 0) is 35.0 Å². The molecule has 1 aromatic rings. The Morgan fingerprint density at radius 3 is 2.69 bits per heavy atom. The van der Waals surface area contributed by atoms with Gasteiger partial charge in [-0.3, -0.25) is 9.59 Å². The number of hydrogen-bond donors (Lipinski definition) is 0. The molecule has 0 radical (unpaired) electrons. The van der Waals surface area contributed by atoms with Gasteiger partial charge in [0, 0.05) is 7.05 Å². The van der Waals surface area contributed by atoms with E-state index in [0.717, 1.165) is 3.79 Å². The molecule has 1 heterocycles. The summed E-state index contributed by atoms with van der Waals surface area (Å²) in [5.74, 6) is -0.572. The van der Waals surface area contributed by atoms with Crippen molar-refractivity contribution in [1.29, 1.82) is 0 Å². The van der Waals surface area contributed by atoms with E-state index in [2.05, 4.69) is 15.9 Å². The molecule has 0 unspecified atom stereocenters. The van der Waals surface area contributed by atoms with Gasteiger partial charge in [-0.2, -0.15) is 0 Å². The van der Waals surface area contributed by atoms with Crippen LogP contribution in [0.15, 0.2) is 15.9 Å². The number of likely N-dealkylation sites (N-methyl/N-ethyl adjacent to an activating group) is 1. The van der Waals surface area contributed by atoms with E-state index in [1.54, 1.807) is 26.1 Å². The minimum absolute atomic E-state index is 0.0256. The Balaban J connectivity index is 2.57. The fourth-order valence-electron chi connectivity index (χ4n) is 1.09. The van der Waals surface area contributed by atoms with E-state index in [4.69, 9.17) is 4.74 Å². The van der Waals surface area contributed by atoms with E-state index in [-0.39, 0.29) is 12.5 Å². The molecule has 0 spiro atoms. The first kappa shape index (κ1) is 13.2. The first-order valence-electron chi connectivity index (χ1n) is 4.71. The van der Waals surface area contributed by atoms with Crippen LogP contribution in [-0.4, -0.2) is 37.0 Å². The molecule has 0 aliphatic rings. The van der Waals surface area contributed by atoms with Crippen molar-refractivity contribution in [2.45, 2.75) is 6.92 Å². The summed E-state index contributed by atoms with van der Waals surface area (Å²) in [4.78, 5) is 24.9. The lowest BCUT2D eigenvalue weighted by molar-refractivity contribution is -0.143. The van der Waals surface area contributed by atoms with E-state index < -0.39 is 5.97 Å². The highest BCUT2D eigenvalue weighted by Crippen LogP contribution is 2.22. The zero-order valence-corrected chi connectivity index (χ0v) is 11.4. The number of ether oxygens (including phenoxy) is 1. The second kappa shape index (κ2) is 6.00. The van der Waals surface area contributed by atoms with Crippen molar-refractivity contribution in [2.24, 2.45) is 0 Å². The van der Waals surface area contributed by atoms with Crippen LogP contribution in [0.3, 0.4) is 0 Å². The molecule has 0 fully saturated rings. The van der Waals surface area contributed by atoms with Crippen LogP contribution in [0.25, 0.3) is 0 Å². The van der Waals surface area contributed by atoms with Gasteiger partial charge in [-0.1, -0.05) is 0 Å². The fraction of sp³-hybridized carbons (Fsp3) is 0.400. The van der Waals surface area contributed by atoms with Gasteiger partial charge >= 0.3 is 5.97 Å². The molecule has 0 saturated carbocycles. The molecule has 0 aromatic carbocycles. The topological polar surface area (TPSA) is 46.6 Å². The third-order valence-corrected chi connectivity index (χ3v) is 3.41. The van der Waals surface area contributed by atoms with Crippen LogP contribution in [0.2, 0.25) is 0 Å². The zero-order valence-electron chi connectivity index (χ0n) is 9.03. The molecule has 6 heteroatoms. The monoisotopic (exact) mass is 305 g/mol. The smallest absolute Gasteiger partial charge is 0.325 e. The van der Waals surface area contributed by atoms with Gasteiger partial charge < -0.3 is 9.64 Å². The Labute approximate surface area is 106 Å². The molecular weight excluding hydrogens is 294 g/mol. The maximum atomic E-state index is 11.8. The molecule has 0 aliphatic carbocycles. The Hall–Kier alpha value is -0.880. The maximum Gasteiger partial charge on any atom is 0.325 e. The van der Waals surface area contributed by atoms with Gasteiger partial charge in [0.15, 0.2) is 0 Å². The van der Waals surface area contributed by atoms with Crippen LogP contribution < -0.4 is 0 Å². The molecule has 1 aromatic heterocycles. The molecule has 0 aliphatic heterocycles. The predicted octanol–water partition coefficient (Wildman–Crippen LogP) is 2.15. The molecule has 1 amide bonds. The number of esters is 1. The van der Waals surface area contributed by atoms with Crippen molar-refractivity contribution in [3.05, 3.63) is 20.8 Å². The lowest BCUT2D eigenvalue weighted by atomic mass is 10.4. The summed E-state index contributed by atoms with van der Waals surface area (Å²) in [6.45, 7) is 2.03. The first-order valence-corrected chi connectivity index (χ1v) is 6.32. The SMILES string of the molecule is CCOC(=O)CN(C)C(=O)c1ccc(Br)s1. The highest BCUT2D eigenvalue weighted by atomic mass is 79.9. The highest BCUT2D eigenvalue weighted by molar-refractivity contribution is 9.11. The van der Waals surface area contributed by atoms with Crippen LogP contribution in [0.5, 0.6) is 0 Å². The van der Waals surface area contributed by atoms with Crippen molar-refractivity contribution in [1.82, 2.24) is 4.90 Å². The molecular formula is C10H12BrNO3S. The number of thiophene rings is 1. The lowest BCUT2D eigenvalue weighted by Gasteiger charge is -2.14. The van der Waals surface area contributed by atoms with E-state index in [0.29, 0.717) is 11.5 Å². The van der Waals surface area contributed by atoms with Crippen LogP contribution in [-0.2, 0) is 9.53 Å². The summed E-state index contributed by atoms with van der Waals surface area (Å²) < 4.78 is 5.65. The van der Waals surface area contributed by atoms with Gasteiger partial charge in [0.05, 0.1) is 15.3 Å². The molecule has 88 valence electrons. The number of carbonyl (C=O) groups excluding carboxylic acids is 2. The quantitative estimate of drug-likeness (QED) is 0.801. The third kappa shape index (κ3) is 3.61. The summed E-state index contributed by atoms with van der Waals surface area (Å²) in [7, 11) is 1.58. The Bertz CT molecular complexity index is 391. The van der Waals surface area contributed by atoms with Gasteiger partial charge in [0.25, 0.3) is 5.91 Å². The van der Waals surface area contributed by atoms with Gasteiger partial charge in [-0.25, -0.2) is 0 Å². The van der Waals surface area contributed by atoms with E-state index in [1.807, 2.05) is 0 Å². The average molecular weight is 306 g/mol. The molecule has 0 atom stereocenters. The van der Waals surface area contributed by atoms with Crippen LogP contribution in [0.4, 0.5) is 0 Å². The molecule has 0 saturated heterocycles. The van der Waals surface area contributed by atoms with Crippen LogP contribution >= 0.6 is 27.3 Å². The average Bonchev–Trinajstić information content (AvgIpc) is 2.64. The summed E-state index contributed by atoms with van der Waals surface area (Å²) in [6, 6.07) is 3.52. The molecule has 4 nitrogen and oxygen atoms in total. The lowest BCUT2D eigenvalue weighted by Crippen LogP contribution is -2.32. The van der Waals surface area contributed by atoms with Crippen LogP contribution in [0, 0.1) is 0 Å². The second-order valence-corrected chi connectivity index (χ2v) is 5.53. The number of rotatable bonds is 4. The largest absolute Gasteiger partial charge is 0.465 e. The fourth-order valence-corrected chi connectivity index (χ4v) is 2.47. The number of halogens is 1. The second-order valence-electron chi connectivity index (χ2n) is 3.07. The molecule has 0 N–H and O–H groups in total. The van der Waals surface area contributed by atoms with Crippen molar-refractivity contribution >= 4 is 39.1 Å². The predicted molar refractivity (Wildman–Crippen MR) is 65.6 cm³/mol. The van der Waals surface area contributed by atoms with Crippen molar-refractivity contribution in [3.63, 3.8) is 0 Å². The third-order valence-electron chi connectivity index (χ3n) is 1.80. The summed E-state index contributed by atoms with van der Waals surface area (Å²) in [6.07, 6.45) is 0. The van der Waals surface area contributed by atoms with E-state index in [9.17, 15) is 9.59 Å². The van der Waals surface area contributed by atoms with Gasteiger partial charge in [0.2, 0.25) is 0 Å².